The van der Waals surface area contributed by atoms with Crippen LogP contribution >= 0.6 is 11.6 Å². The molecule has 1 heterocycles. The number of hydrogen-bond acceptors (Lipinski definition) is 5. The van der Waals surface area contributed by atoms with Gasteiger partial charge in [-0.3, -0.25) is 14.4 Å². The van der Waals surface area contributed by atoms with Gasteiger partial charge in [-0.1, -0.05) is 29.8 Å². The molecule has 0 unspecified atom stereocenters. The van der Waals surface area contributed by atoms with Crippen molar-refractivity contribution in [2.24, 2.45) is 0 Å². The molecular formula is C25H20ClN3O4. The van der Waals surface area contributed by atoms with Crippen LogP contribution in [0.15, 0.2) is 77.5 Å². The highest BCUT2D eigenvalue weighted by Crippen LogP contribution is 2.31. The Hall–Kier alpha value is -4.10. The Morgan fingerprint density at radius 3 is 2.24 bits per heavy atom. The maximum atomic E-state index is 13.0. The zero-order valence-electron chi connectivity index (χ0n) is 17.8. The van der Waals surface area contributed by atoms with E-state index < -0.39 is 17.7 Å². The van der Waals surface area contributed by atoms with E-state index in [2.05, 4.69) is 10.6 Å². The summed E-state index contributed by atoms with van der Waals surface area (Å²) in [5.74, 6) is -1.57. The van der Waals surface area contributed by atoms with E-state index in [4.69, 9.17) is 11.6 Å². The number of nitrogens with zero attached hydrogens (tertiary/aromatic N) is 1. The highest BCUT2D eigenvalue weighted by molar-refractivity contribution is 6.53. The number of hydrogen-bond donors (Lipinski definition) is 3. The van der Waals surface area contributed by atoms with Crippen LogP contribution in [0.25, 0.3) is 0 Å². The van der Waals surface area contributed by atoms with E-state index in [1.54, 1.807) is 42.5 Å². The number of imide groups is 1. The number of aryl methyl sites for hydroxylation is 2. The van der Waals surface area contributed by atoms with Gasteiger partial charge in [-0.25, -0.2) is 4.90 Å². The van der Waals surface area contributed by atoms with Gasteiger partial charge in [0.2, 0.25) is 0 Å². The molecule has 3 aromatic rings. The predicted molar refractivity (Wildman–Crippen MR) is 127 cm³/mol. The maximum Gasteiger partial charge on any atom is 0.283 e. The summed E-state index contributed by atoms with van der Waals surface area (Å²) in [7, 11) is 0. The van der Waals surface area contributed by atoms with Crippen molar-refractivity contribution >= 4 is 46.4 Å². The summed E-state index contributed by atoms with van der Waals surface area (Å²) in [6.07, 6.45) is 0. The Balaban J connectivity index is 1.56. The lowest BCUT2D eigenvalue weighted by atomic mass is 10.1. The number of nitrogens with one attached hydrogen (secondary N) is 2. The van der Waals surface area contributed by atoms with Crippen LogP contribution in [-0.2, 0) is 9.59 Å². The molecule has 0 spiro atoms. The molecule has 3 aromatic carbocycles. The topological polar surface area (TPSA) is 98.7 Å². The van der Waals surface area contributed by atoms with Gasteiger partial charge in [-0.05, 0) is 67.4 Å². The van der Waals surface area contributed by atoms with E-state index in [9.17, 15) is 19.5 Å². The minimum absolute atomic E-state index is 0.0302. The Morgan fingerprint density at radius 2 is 1.55 bits per heavy atom. The van der Waals surface area contributed by atoms with Crippen molar-refractivity contribution in [3.8, 4) is 5.75 Å². The van der Waals surface area contributed by atoms with Crippen molar-refractivity contribution in [2.75, 3.05) is 15.5 Å². The minimum atomic E-state index is -0.619. The average molecular weight is 462 g/mol. The van der Waals surface area contributed by atoms with Crippen molar-refractivity contribution < 1.29 is 19.5 Å². The van der Waals surface area contributed by atoms with Crippen molar-refractivity contribution in [2.45, 2.75) is 13.8 Å². The van der Waals surface area contributed by atoms with Crippen molar-refractivity contribution in [1.82, 2.24) is 0 Å². The lowest BCUT2D eigenvalue weighted by Crippen LogP contribution is -2.32. The van der Waals surface area contributed by atoms with E-state index in [1.807, 2.05) is 19.9 Å². The zero-order valence-corrected chi connectivity index (χ0v) is 18.6. The number of carbonyl (C=O) groups is 3. The fourth-order valence-corrected chi connectivity index (χ4v) is 3.81. The molecule has 7 nitrogen and oxygen atoms in total. The predicted octanol–water partition coefficient (Wildman–Crippen LogP) is 4.70. The molecular weight excluding hydrogens is 442 g/mol. The third-order valence-electron chi connectivity index (χ3n) is 4.99. The normalized spacial score (nSPS) is 13.5. The SMILES string of the molecule is Cc1cc(C)cc(N2C(=O)C(Cl)=C(Nc3cccc(C(=O)Nc4cccc(O)c4)c3)C2=O)c1. The first-order valence-corrected chi connectivity index (χ1v) is 10.4. The number of halogens is 1. The summed E-state index contributed by atoms with van der Waals surface area (Å²) >= 11 is 6.22. The second kappa shape index (κ2) is 8.80. The zero-order chi connectivity index (χ0) is 23.7. The summed E-state index contributed by atoms with van der Waals surface area (Å²) < 4.78 is 0. The summed E-state index contributed by atoms with van der Waals surface area (Å²) in [6, 6.07) is 18.0. The van der Waals surface area contributed by atoms with Crippen molar-refractivity contribution in [1.29, 1.82) is 0 Å². The van der Waals surface area contributed by atoms with Crippen LogP contribution in [0.2, 0.25) is 0 Å². The van der Waals surface area contributed by atoms with E-state index >= 15 is 0 Å². The molecule has 1 aliphatic rings. The van der Waals surface area contributed by atoms with Gasteiger partial charge in [0.05, 0.1) is 5.69 Å². The third-order valence-corrected chi connectivity index (χ3v) is 5.34. The monoisotopic (exact) mass is 461 g/mol. The van der Waals surface area contributed by atoms with Gasteiger partial charge < -0.3 is 15.7 Å². The molecule has 4 rings (SSSR count). The number of phenols is 1. The highest BCUT2D eigenvalue weighted by atomic mass is 35.5. The van der Waals surface area contributed by atoms with Crippen LogP contribution in [0.3, 0.4) is 0 Å². The molecule has 8 heteroatoms. The van der Waals surface area contributed by atoms with Gasteiger partial charge >= 0.3 is 0 Å². The third kappa shape index (κ3) is 4.58. The van der Waals surface area contributed by atoms with Crippen molar-refractivity contribution in [3.63, 3.8) is 0 Å². The van der Waals surface area contributed by atoms with E-state index in [0.717, 1.165) is 16.0 Å². The van der Waals surface area contributed by atoms with Crippen LogP contribution in [0.1, 0.15) is 21.5 Å². The van der Waals surface area contributed by atoms with Gasteiger partial charge in [-0.15, -0.1) is 0 Å². The molecule has 0 radical (unpaired) electrons. The van der Waals surface area contributed by atoms with Crippen LogP contribution < -0.4 is 15.5 Å². The van der Waals surface area contributed by atoms with Gasteiger partial charge in [0.25, 0.3) is 17.7 Å². The first-order chi connectivity index (χ1) is 15.7. The number of rotatable bonds is 5. The summed E-state index contributed by atoms with van der Waals surface area (Å²) in [5, 5.41) is 14.9. The molecule has 0 aliphatic carbocycles. The Kier molecular flexibility index (Phi) is 5.89. The number of benzene rings is 3. The van der Waals surface area contributed by atoms with E-state index in [0.29, 0.717) is 22.6 Å². The molecule has 3 N–H and O–H groups in total. The summed E-state index contributed by atoms with van der Waals surface area (Å²) in [5.41, 5.74) is 3.35. The molecule has 3 amide bonds. The minimum Gasteiger partial charge on any atom is -0.508 e. The molecule has 0 saturated heterocycles. The Bertz CT molecular complexity index is 1310. The molecule has 0 atom stereocenters. The quantitative estimate of drug-likeness (QED) is 0.478. The first-order valence-electron chi connectivity index (χ1n) is 10.1. The maximum absolute atomic E-state index is 13.0. The lowest BCUT2D eigenvalue weighted by Gasteiger charge is -2.16. The molecule has 0 fully saturated rings. The fraction of sp³-hybridized carbons (Fsp3) is 0.0800. The standard InChI is InChI=1S/C25H20ClN3O4/c1-14-9-15(2)11-19(10-14)29-24(32)21(26)22(25(29)33)27-17-6-3-5-16(12-17)23(31)28-18-7-4-8-20(30)13-18/h3-13,27,30H,1-2H3,(H,28,31). The van der Waals surface area contributed by atoms with Gasteiger partial charge in [-0.2, -0.15) is 0 Å². The summed E-state index contributed by atoms with van der Waals surface area (Å²) in [6.45, 7) is 3.76. The van der Waals surface area contributed by atoms with Crippen molar-refractivity contribution in [3.05, 3.63) is 94.1 Å². The number of aromatic hydroxyl groups is 1. The second-order valence-corrected chi connectivity index (χ2v) is 8.07. The van der Waals surface area contributed by atoms with Crippen LogP contribution in [0.4, 0.5) is 17.1 Å². The van der Waals surface area contributed by atoms with Gasteiger partial charge in [0.15, 0.2) is 0 Å². The van der Waals surface area contributed by atoms with Crippen LogP contribution in [-0.4, -0.2) is 22.8 Å². The molecule has 1 aliphatic heterocycles. The Morgan fingerprint density at radius 1 is 0.879 bits per heavy atom. The fourth-order valence-electron chi connectivity index (χ4n) is 3.60. The van der Waals surface area contributed by atoms with Gasteiger partial charge in [0, 0.05) is 23.0 Å². The summed E-state index contributed by atoms with van der Waals surface area (Å²) in [4.78, 5) is 39.4. The number of carbonyl (C=O) groups excluding carboxylic acids is 3. The highest BCUT2D eigenvalue weighted by Gasteiger charge is 2.39. The first kappa shape index (κ1) is 22.1. The Labute approximate surface area is 195 Å². The van der Waals surface area contributed by atoms with E-state index in [-0.39, 0.29) is 16.5 Å². The molecule has 0 aromatic heterocycles. The molecule has 0 saturated carbocycles. The largest absolute Gasteiger partial charge is 0.508 e. The van der Waals surface area contributed by atoms with Crippen LogP contribution in [0.5, 0.6) is 5.75 Å². The number of anilines is 3. The lowest BCUT2D eigenvalue weighted by molar-refractivity contribution is -0.120. The van der Waals surface area contributed by atoms with Crippen LogP contribution in [0, 0.1) is 13.8 Å². The average Bonchev–Trinajstić information content (AvgIpc) is 2.96. The molecule has 33 heavy (non-hydrogen) atoms. The van der Waals surface area contributed by atoms with E-state index in [1.165, 1.54) is 18.2 Å². The number of amides is 3. The second-order valence-electron chi connectivity index (χ2n) is 7.69. The molecule has 166 valence electrons. The molecule has 0 bridgehead atoms. The smallest absolute Gasteiger partial charge is 0.283 e. The number of phenolic OH excluding ortho intramolecular Hbond substituents is 1. The van der Waals surface area contributed by atoms with Gasteiger partial charge in [0.1, 0.15) is 16.5 Å².